The zero-order valence-electron chi connectivity index (χ0n) is 21.2. The Morgan fingerprint density at radius 3 is 2.38 bits per heavy atom. The first-order chi connectivity index (χ1) is 19.5. The highest BCUT2D eigenvalue weighted by atomic mass is 35.5. The number of pyridine rings is 1. The summed E-state index contributed by atoms with van der Waals surface area (Å²) in [5, 5.41) is 2.67. The Labute approximate surface area is 233 Å². The zero-order chi connectivity index (χ0) is 28.1. The van der Waals surface area contributed by atoms with Crippen molar-refractivity contribution in [2.75, 3.05) is 16.1 Å². The molecule has 1 unspecified atom stereocenters. The van der Waals surface area contributed by atoms with Crippen LogP contribution in [0.4, 0.5) is 15.8 Å². The number of nitrogens with one attached hydrogen (secondary N) is 1. The predicted octanol–water partition coefficient (Wildman–Crippen LogP) is 5.59. The molecule has 3 heterocycles. The van der Waals surface area contributed by atoms with Crippen LogP contribution in [0, 0.1) is 12.7 Å². The SMILES string of the molecule is Cc1cc(-c2cccnc2)cc(F)c1NC(=O)C(c1cncnc1)N(C(=O)CCl)c1ccc(-c2cnco2)cc1. The van der Waals surface area contributed by atoms with Crippen molar-refractivity contribution >= 4 is 34.8 Å². The Hall–Kier alpha value is -4.96. The maximum Gasteiger partial charge on any atom is 0.252 e. The van der Waals surface area contributed by atoms with Gasteiger partial charge in [0.2, 0.25) is 5.91 Å². The Kier molecular flexibility index (Phi) is 7.88. The van der Waals surface area contributed by atoms with Crippen LogP contribution in [-0.2, 0) is 9.59 Å². The molecule has 200 valence electrons. The van der Waals surface area contributed by atoms with Crippen LogP contribution in [0.25, 0.3) is 22.5 Å². The van der Waals surface area contributed by atoms with Gasteiger partial charge in [-0.15, -0.1) is 11.6 Å². The topological polar surface area (TPSA) is 114 Å². The molecule has 0 aliphatic rings. The number of halogens is 2. The van der Waals surface area contributed by atoms with Gasteiger partial charge < -0.3 is 9.73 Å². The van der Waals surface area contributed by atoms with E-state index in [1.54, 1.807) is 61.9 Å². The van der Waals surface area contributed by atoms with E-state index in [1.807, 2.05) is 6.07 Å². The molecule has 0 saturated heterocycles. The molecule has 2 aromatic carbocycles. The molecule has 9 nitrogen and oxygen atoms in total. The van der Waals surface area contributed by atoms with Gasteiger partial charge in [0, 0.05) is 47.2 Å². The summed E-state index contributed by atoms with van der Waals surface area (Å²) in [5.74, 6) is -1.74. The predicted molar refractivity (Wildman–Crippen MR) is 148 cm³/mol. The van der Waals surface area contributed by atoms with Crippen LogP contribution in [0.2, 0.25) is 0 Å². The van der Waals surface area contributed by atoms with Gasteiger partial charge in [-0.1, -0.05) is 6.07 Å². The third-order valence-corrected chi connectivity index (χ3v) is 6.41. The summed E-state index contributed by atoms with van der Waals surface area (Å²) < 4.78 is 20.7. The Bertz CT molecular complexity index is 1590. The number of alkyl halides is 1. The first-order valence-electron chi connectivity index (χ1n) is 12.1. The van der Waals surface area contributed by atoms with Gasteiger partial charge in [-0.3, -0.25) is 19.5 Å². The van der Waals surface area contributed by atoms with Crippen LogP contribution < -0.4 is 10.2 Å². The number of anilines is 2. The fourth-order valence-electron chi connectivity index (χ4n) is 4.31. The third-order valence-electron chi connectivity index (χ3n) is 6.18. The van der Waals surface area contributed by atoms with E-state index in [1.165, 1.54) is 36.1 Å². The molecule has 5 rings (SSSR count). The second kappa shape index (κ2) is 11.8. The summed E-state index contributed by atoms with van der Waals surface area (Å²) in [6.07, 6.45) is 10.3. The molecule has 0 aliphatic heterocycles. The average Bonchev–Trinajstić information content (AvgIpc) is 3.53. The summed E-state index contributed by atoms with van der Waals surface area (Å²) in [5.41, 5.74) is 3.22. The fourth-order valence-corrected chi connectivity index (χ4v) is 4.44. The average molecular weight is 557 g/mol. The number of rotatable bonds is 8. The number of carbonyl (C=O) groups is 2. The number of oxazole rings is 1. The minimum absolute atomic E-state index is 0.0153. The summed E-state index contributed by atoms with van der Waals surface area (Å²) >= 11 is 5.99. The van der Waals surface area contributed by atoms with Gasteiger partial charge in [0.1, 0.15) is 24.1 Å². The maximum atomic E-state index is 15.4. The molecule has 0 radical (unpaired) electrons. The second-order valence-electron chi connectivity index (χ2n) is 8.77. The number of nitrogens with zero attached hydrogens (tertiary/aromatic N) is 5. The molecule has 2 amide bonds. The molecule has 40 heavy (non-hydrogen) atoms. The summed E-state index contributed by atoms with van der Waals surface area (Å²) in [4.78, 5) is 44.3. The zero-order valence-corrected chi connectivity index (χ0v) is 21.9. The number of benzene rings is 2. The van der Waals surface area contributed by atoms with E-state index in [-0.39, 0.29) is 5.69 Å². The van der Waals surface area contributed by atoms with Crippen molar-refractivity contribution in [1.29, 1.82) is 0 Å². The molecular weight excluding hydrogens is 535 g/mol. The quantitative estimate of drug-likeness (QED) is 0.248. The molecule has 5 aromatic rings. The van der Waals surface area contributed by atoms with Gasteiger partial charge in [0.05, 0.1) is 11.9 Å². The normalized spacial score (nSPS) is 11.6. The van der Waals surface area contributed by atoms with E-state index in [0.717, 1.165) is 11.1 Å². The van der Waals surface area contributed by atoms with E-state index < -0.39 is 29.6 Å². The molecule has 0 fully saturated rings. The number of amides is 2. The molecule has 11 heteroatoms. The fraction of sp³-hybridized carbons (Fsp3) is 0.103. The van der Waals surface area contributed by atoms with Crippen molar-refractivity contribution in [3.8, 4) is 22.5 Å². The Morgan fingerprint density at radius 2 is 1.75 bits per heavy atom. The van der Waals surface area contributed by atoms with Crippen molar-refractivity contribution in [3.05, 3.63) is 109 Å². The van der Waals surface area contributed by atoms with Gasteiger partial charge >= 0.3 is 0 Å². The highest BCUT2D eigenvalue weighted by molar-refractivity contribution is 6.30. The summed E-state index contributed by atoms with van der Waals surface area (Å²) in [7, 11) is 0. The van der Waals surface area contributed by atoms with Gasteiger partial charge in [-0.25, -0.2) is 19.3 Å². The largest absolute Gasteiger partial charge is 0.444 e. The van der Waals surface area contributed by atoms with Crippen LogP contribution in [0.5, 0.6) is 0 Å². The lowest BCUT2D eigenvalue weighted by Gasteiger charge is -2.31. The van der Waals surface area contributed by atoms with Crippen LogP contribution in [-0.4, -0.2) is 37.6 Å². The monoisotopic (exact) mass is 556 g/mol. The Morgan fingerprint density at radius 1 is 0.975 bits per heavy atom. The highest BCUT2D eigenvalue weighted by Gasteiger charge is 2.34. The second-order valence-corrected chi connectivity index (χ2v) is 9.03. The maximum absolute atomic E-state index is 15.4. The first kappa shape index (κ1) is 26.6. The standard InChI is InChI=1S/C29H22ClFN6O3/c1-18-9-21(20-3-2-8-32-12-20)10-24(31)27(18)36-29(39)28(22-13-33-16-34-14-22)37(26(38)11-30)23-6-4-19(5-7-23)25-15-35-17-40-25/h2-10,12-17,28H,11H2,1H3,(H,36,39). The van der Waals surface area contributed by atoms with E-state index >= 15 is 4.39 Å². The molecule has 0 spiro atoms. The highest BCUT2D eigenvalue weighted by Crippen LogP contribution is 2.33. The molecule has 1 atom stereocenters. The van der Waals surface area contributed by atoms with E-state index in [9.17, 15) is 9.59 Å². The van der Waals surface area contributed by atoms with E-state index in [0.29, 0.717) is 28.1 Å². The molecule has 1 N–H and O–H groups in total. The molecule has 3 aromatic heterocycles. The van der Waals surface area contributed by atoms with Crippen molar-refractivity contribution < 1.29 is 18.4 Å². The van der Waals surface area contributed by atoms with Crippen LogP contribution in [0.3, 0.4) is 0 Å². The molecule has 0 bridgehead atoms. The van der Waals surface area contributed by atoms with Gasteiger partial charge in [0.15, 0.2) is 12.2 Å². The number of hydrogen-bond acceptors (Lipinski definition) is 7. The molecule has 0 saturated carbocycles. The number of aromatic nitrogens is 4. The third kappa shape index (κ3) is 5.57. The minimum Gasteiger partial charge on any atom is -0.444 e. The van der Waals surface area contributed by atoms with Gasteiger partial charge in [-0.2, -0.15) is 0 Å². The number of hydrogen-bond donors (Lipinski definition) is 1. The lowest BCUT2D eigenvalue weighted by atomic mass is 10.0. The van der Waals surface area contributed by atoms with Crippen molar-refractivity contribution in [2.24, 2.45) is 0 Å². The Balaban J connectivity index is 1.52. The van der Waals surface area contributed by atoms with E-state index in [2.05, 4.69) is 25.3 Å². The lowest BCUT2D eigenvalue weighted by Crippen LogP contribution is -2.42. The van der Waals surface area contributed by atoms with E-state index in [4.69, 9.17) is 16.0 Å². The van der Waals surface area contributed by atoms with Crippen molar-refractivity contribution in [3.63, 3.8) is 0 Å². The summed E-state index contributed by atoms with van der Waals surface area (Å²) in [6.45, 7) is 1.68. The van der Waals surface area contributed by atoms with Crippen LogP contribution in [0.15, 0.2) is 96.7 Å². The van der Waals surface area contributed by atoms with Crippen molar-refractivity contribution in [1.82, 2.24) is 19.9 Å². The van der Waals surface area contributed by atoms with Crippen LogP contribution in [0.1, 0.15) is 17.2 Å². The van der Waals surface area contributed by atoms with Crippen LogP contribution >= 0.6 is 11.6 Å². The van der Waals surface area contributed by atoms with Crippen molar-refractivity contribution in [2.45, 2.75) is 13.0 Å². The minimum atomic E-state index is -1.26. The molecular formula is C29H22ClFN6O3. The first-order valence-corrected chi connectivity index (χ1v) is 12.6. The summed E-state index contributed by atoms with van der Waals surface area (Å²) in [6, 6.07) is 12.1. The number of carbonyl (C=O) groups excluding carboxylic acids is 2. The van der Waals surface area contributed by atoms with Gasteiger partial charge in [-0.05, 0) is 60.5 Å². The van der Waals surface area contributed by atoms with Gasteiger partial charge in [0.25, 0.3) is 5.91 Å². The molecule has 0 aliphatic carbocycles. The lowest BCUT2D eigenvalue weighted by molar-refractivity contribution is -0.122. The smallest absolute Gasteiger partial charge is 0.252 e. The number of aryl methyl sites for hydroxylation is 1.